The zero-order valence-electron chi connectivity index (χ0n) is 15.6. The van der Waals surface area contributed by atoms with E-state index < -0.39 is 5.41 Å². The topological polar surface area (TPSA) is 71.0 Å². The highest BCUT2D eigenvalue weighted by molar-refractivity contribution is 5.81. The minimum atomic E-state index is -0.434. The monoisotopic (exact) mass is 362 g/mol. The molecule has 0 aromatic heterocycles. The number of piperidine rings is 1. The maximum Gasteiger partial charge on any atom is 0.250 e. The van der Waals surface area contributed by atoms with E-state index in [1.165, 1.54) is 6.42 Å². The van der Waals surface area contributed by atoms with Gasteiger partial charge in [-0.15, -0.1) is 0 Å². The standard InChI is InChI=1S/C20H30N2O4/c1-25-16-5-7-17(8-6-16)26-18-9-13-22(14-10-18)15-20(19(23)21-24)11-3-2-4-12-20/h5-8,18,24H,2-4,9-15H2,1H3,(H,21,23). The van der Waals surface area contributed by atoms with Crippen LogP contribution in [0.15, 0.2) is 24.3 Å². The van der Waals surface area contributed by atoms with E-state index >= 15 is 0 Å². The van der Waals surface area contributed by atoms with Crippen molar-refractivity contribution < 1.29 is 19.5 Å². The maximum absolute atomic E-state index is 12.3. The normalized spacial score (nSPS) is 21.2. The molecule has 0 spiro atoms. The van der Waals surface area contributed by atoms with Gasteiger partial charge in [-0.1, -0.05) is 19.3 Å². The average molecular weight is 362 g/mol. The first kappa shape index (κ1) is 19.0. The van der Waals surface area contributed by atoms with Crippen LogP contribution in [-0.4, -0.2) is 48.9 Å². The third-order valence-corrected chi connectivity index (χ3v) is 5.82. The second-order valence-electron chi connectivity index (χ2n) is 7.55. The van der Waals surface area contributed by atoms with Crippen LogP contribution in [0.4, 0.5) is 0 Å². The molecule has 1 heterocycles. The van der Waals surface area contributed by atoms with Crippen molar-refractivity contribution in [3.8, 4) is 11.5 Å². The Labute approximate surface area is 155 Å². The number of carbonyl (C=O) groups excluding carboxylic acids is 1. The number of hydrogen-bond donors (Lipinski definition) is 2. The lowest BCUT2D eigenvalue weighted by molar-refractivity contribution is -0.143. The predicted octanol–water partition coefficient (Wildman–Crippen LogP) is 2.99. The lowest BCUT2D eigenvalue weighted by Crippen LogP contribution is -2.51. The second kappa shape index (κ2) is 8.73. The lowest BCUT2D eigenvalue weighted by Gasteiger charge is -2.41. The smallest absolute Gasteiger partial charge is 0.250 e. The number of likely N-dealkylation sites (tertiary alicyclic amines) is 1. The summed E-state index contributed by atoms with van der Waals surface area (Å²) in [6.07, 6.45) is 7.12. The predicted molar refractivity (Wildman–Crippen MR) is 98.5 cm³/mol. The van der Waals surface area contributed by atoms with Gasteiger partial charge in [-0.3, -0.25) is 10.0 Å². The van der Waals surface area contributed by atoms with Crippen LogP contribution in [0.25, 0.3) is 0 Å². The summed E-state index contributed by atoms with van der Waals surface area (Å²) in [6.45, 7) is 2.57. The summed E-state index contributed by atoms with van der Waals surface area (Å²) in [5.74, 6) is 1.48. The molecule has 0 atom stereocenters. The SMILES string of the molecule is COc1ccc(OC2CCN(CC3(C(=O)NO)CCCCC3)CC2)cc1. The van der Waals surface area contributed by atoms with Crippen LogP contribution >= 0.6 is 0 Å². The van der Waals surface area contributed by atoms with Gasteiger partial charge in [-0.25, -0.2) is 5.48 Å². The number of carbonyl (C=O) groups is 1. The zero-order chi connectivity index (χ0) is 18.4. The van der Waals surface area contributed by atoms with Crippen LogP contribution in [0.5, 0.6) is 11.5 Å². The average Bonchev–Trinajstić information content (AvgIpc) is 2.70. The van der Waals surface area contributed by atoms with Gasteiger partial charge >= 0.3 is 0 Å². The molecule has 0 bridgehead atoms. The van der Waals surface area contributed by atoms with Crippen molar-refractivity contribution >= 4 is 5.91 Å². The molecule has 0 unspecified atom stereocenters. The van der Waals surface area contributed by atoms with Crippen molar-refractivity contribution in [2.45, 2.75) is 51.0 Å². The summed E-state index contributed by atoms with van der Waals surface area (Å²) < 4.78 is 11.3. The number of hydrogen-bond acceptors (Lipinski definition) is 5. The van der Waals surface area contributed by atoms with E-state index in [1.807, 2.05) is 29.7 Å². The summed E-state index contributed by atoms with van der Waals surface area (Å²) in [5.41, 5.74) is 1.48. The fourth-order valence-corrected chi connectivity index (χ4v) is 4.26. The molecule has 1 aromatic rings. The Hall–Kier alpha value is -1.79. The van der Waals surface area contributed by atoms with Crippen molar-refractivity contribution in [1.29, 1.82) is 0 Å². The molecule has 1 amide bonds. The summed E-state index contributed by atoms with van der Waals surface area (Å²) >= 11 is 0. The largest absolute Gasteiger partial charge is 0.497 e. The first-order chi connectivity index (χ1) is 12.6. The summed E-state index contributed by atoms with van der Waals surface area (Å²) in [4.78, 5) is 14.7. The third-order valence-electron chi connectivity index (χ3n) is 5.82. The molecule has 1 aromatic carbocycles. The maximum atomic E-state index is 12.3. The fraction of sp³-hybridized carbons (Fsp3) is 0.650. The van der Waals surface area contributed by atoms with E-state index in [-0.39, 0.29) is 12.0 Å². The molecule has 26 heavy (non-hydrogen) atoms. The van der Waals surface area contributed by atoms with Gasteiger partial charge < -0.3 is 14.4 Å². The molecule has 1 saturated carbocycles. The number of rotatable bonds is 6. The molecule has 3 rings (SSSR count). The second-order valence-corrected chi connectivity index (χ2v) is 7.55. The highest BCUT2D eigenvalue weighted by Crippen LogP contribution is 2.38. The molecule has 1 saturated heterocycles. The Morgan fingerprint density at radius 3 is 2.35 bits per heavy atom. The summed E-state index contributed by atoms with van der Waals surface area (Å²) in [5, 5.41) is 9.18. The molecule has 6 heteroatoms. The van der Waals surface area contributed by atoms with E-state index in [1.54, 1.807) is 7.11 Å². The quantitative estimate of drug-likeness (QED) is 0.601. The van der Waals surface area contributed by atoms with Crippen molar-refractivity contribution in [2.75, 3.05) is 26.7 Å². The highest BCUT2D eigenvalue weighted by Gasteiger charge is 2.41. The first-order valence-electron chi connectivity index (χ1n) is 9.63. The Morgan fingerprint density at radius 2 is 1.77 bits per heavy atom. The number of amides is 1. The van der Waals surface area contributed by atoms with Crippen molar-refractivity contribution in [3.05, 3.63) is 24.3 Å². The lowest BCUT2D eigenvalue weighted by atomic mass is 9.73. The van der Waals surface area contributed by atoms with Gasteiger partial charge in [0.05, 0.1) is 12.5 Å². The molecule has 1 aliphatic carbocycles. The summed E-state index contributed by atoms with van der Waals surface area (Å²) in [6, 6.07) is 7.69. The van der Waals surface area contributed by atoms with Crippen LogP contribution in [0.3, 0.4) is 0 Å². The zero-order valence-corrected chi connectivity index (χ0v) is 15.6. The van der Waals surface area contributed by atoms with Gasteiger partial charge in [-0.05, 0) is 49.9 Å². The molecule has 6 nitrogen and oxygen atoms in total. The number of benzene rings is 1. The first-order valence-corrected chi connectivity index (χ1v) is 9.63. The van der Waals surface area contributed by atoms with Gasteiger partial charge in [0, 0.05) is 19.6 Å². The van der Waals surface area contributed by atoms with Crippen LogP contribution in [0.2, 0.25) is 0 Å². The Morgan fingerprint density at radius 1 is 1.15 bits per heavy atom. The molecular weight excluding hydrogens is 332 g/mol. The van der Waals surface area contributed by atoms with Crippen molar-refractivity contribution in [2.24, 2.45) is 5.41 Å². The van der Waals surface area contributed by atoms with Gasteiger partial charge in [0.2, 0.25) is 0 Å². The number of hydroxylamine groups is 1. The number of nitrogens with one attached hydrogen (secondary N) is 1. The van der Waals surface area contributed by atoms with Gasteiger partial charge in [-0.2, -0.15) is 0 Å². The number of ether oxygens (including phenoxy) is 2. The van der Waals surface area contributed by atoms with E-state index in [4.69, 9.17) is 9.47 Å². The van der Waals surface area contributed by atoms with Crippen LogP contribution in [0.1, 0.15) is 44.9 Å². The van der Waals surface area contributed by atoms with Gasteiger partial charge in [0.1, 0.15) is 17.6 Å². The summed E-state index contributed by atoms with van der Waals surface area (Å²) in [7, 11) is 1.65. The minimum absolute atomic E-state index is 0.202. The minimum Gasteiger partial charge on any atom is -0.497 e. The molecular formula is C20H30N2O4. The van der Waals surface area contributed by atoms with Crippen LogP contribution < -0.4 is 15.0 Å². The molecule has 2 aliphatic rings. The molecule has 0 radical (unpaired) electrons. The Kier molecular flexibility index (Phi) is 6.38. The Bertz CT molecular complexity index is 576. The highest BCUT2D eigenvalue weighted by atomic mass is 16.5. The third kappa shape index (κ3) is 4.48. The Balaban J connectivity index is 1.51. The van der Waals surface area contributed by atoms with Crippen molar-refractivity contribution in [1.82, 2.24) is 10.4 Å². The number of methoxy groups -OCH3 is 1. The number of nitrogens with zero attached hydrogens (tertiary/aromatic N) is 1. The van der Waals surface area contributed by atoms with E-state index in [0.29, 0.717) is 0 Å². The van der Waals surface area contributed by atoms with E-state index in [9.17, 15) is 10.0 Å². The van der Waals surface area contributed by atoms with E-state index in [2.05, 4.69) is 4.90 Å². The van der Waals surface area contributed by atoms with Crippen LogP contribution in [0, 0.1) is 5.41 Å². The molecule has 2 fully saturated rings. The molecule has 1 aliphatic heterocycles. The van der Waals surface area contributed by atoms with Crippen molar-refractivity contribution in [3.63, 3.8) is 0 Å². The molecule has 2 N–H and O–H groups in total. The molecule has 144 valence electrons. The van der Waals surface area contributed by atoms with Gasteiger partial charge in [0.25, 0.3) is 5.91 Å². The van der Waals surface area contributed by atoms with Crippen LogP contribution in [-0.2, 0) is 4.79 Å². The fourth-order valence-electron chi connectivity index (χ4n) is 4.26. The van der Waals surface area contributed by atoms with Gasteiger partial charge in [0.15, 0.2) is 0 Å². The van der Waals surface area contributed by atoms with E-state index in [0.717, 1.165) is 69.7 Å².